The van der Waals surface area contributed by atoms with Crippen molar-refractivity contribution in [1.82, 2.24) is 5.16 Å². The quantitative estimate of drug-likeness (QED) is 0.812. The molecule has 0 aromatic carbocycles. The van der Waals surface area contributed by atoms with E-state index in [1.807, 2.05) is 13.0 Å². The molecule has 2 rings (SSSR count). The fraction of sp³-hybridized carbons (Fsp3) is 0.750. The monoisotopic (exact) mass is 208 g/mol. The van der Waals surface area contributed by atoms with Crippen LogP contribution in [0.3, 0.4) is 0 Å². The Bertz CT molecular complexity index is 311. The van der Waals surface area contributed by atoms with E-state index in [4.69, 9.17) is 10.3 Å². The first-order chi connectivity index (χ1) is 7.16. The fourth-order valence-electron chi connectivity index (χ4n) is 2.27. The molecule has 1 heterocycles. The van der Waals surface area contributed by atoms with Crippen LogP contribution in [0, 0.1) is 5.92 Å². The van der Waals surface area contributed by atoms with E-state index in [-0.39, 0.29) is 6.04 Å². The minimum absolute atomic E-state index is 0.0474. The van der Waals surface area contributed by atoms with E-state index >= 15 is 0 Å². The van der Waals surface area contributed by atoms with Gasteiger partial charge in [0.1, 0.15) is 0 Å². The molecule has 0 saturated heterocycles. The van der Waals surface area contributed by atoms with Gasteiger partial charge >= 0.3 is 0 Å². The van der Waals surface area contributed by atoms with Gasteiger partial charge in [0.2, 0.25) is 0 Å². The summed E-state index contributed by atoms with van der Waals surface area (Å²) in [4.78, 5) is 0. The maximum absolute atomic E-state index is 5.74. The average Bonchev–Trinajstić information content (AvgIpc) is 2.68. The summed E-state index contributed by atoms with van der Waals surface area (Å²) in [6.45, 7) is 4.25. The number of hydrogen-bond donors (Lipinski definition) is 1. The summed E-state index contributed by atoms with van der Waals surface area (Å²) in [5.41, 5.74) is 6.85. The van der Waals surface area contributed by atoms with Crippen LogP contribution in [0.5, 0.6) is 0 Å². The van der Waals surface area contributed by atoms with Crippen molar-refractivity contribution in [2.24, 2.45) is 11.7 Å². The molecule has 1 atom stereocenters. The summed E-state index contributed by atoms with van der Waals surface area (Å²) in [5.74, 6) is 2.28. The molecule has 1 aromatic rings. The van der Waals surface area contributed by atoms with E-state index in [0.717, 1.165) is 17.4 Å². The third-order valence-electron chi connectivity index (χ3n) is 3.43. The summed E-state index contributed by atoms with van der Waals surface area (Å²) in [6, 6.07) is 1.99. The number of hydrogen-bond acceptors (Lipinski definition) is 3. The third-order valence-corrected chi connectivity index (χ3v) is 3.43. The molecule has 0 radical (unpaired) electrons. The SMILES string of the molecule is CC1CCC(c2cc(C(C)N)on2)CC1. The molecule has 1 saturated carbocycles. The first-order valence-corrected chi connectivity index (χ1v) is 5.89. The lowest BCUT2D eigenvalue weighted by atomic mass is 9.81. The number of aromatic nitrogens is 1. The average molecular weight is 208 g/mol. The zero-order chi connectivity index (χ0) is 10.8. The Hall–Kier alpha value is -0.830. The van der Waals surface area contributed by atoms with Crippen LogP contribution in [-0.4, -0.2) is 5.16 Å². The summed E-state index contributed by atoms with van der Waals surface area (Å²) in [5, 5.41) is 4.13. The maximum atomic E-state index is 5.74. The van der Waals surface area contributed by atoms with Crippen molar-refractivity contribution in [1.29, 1.82) is 0 Å². The Morgan fingerprint density at radius 3 is 2.60 bits per heavy atom. The van der Waals surface area contributed by atoms with Crippen molar-refractivity contribution in [3.05, 3.63) is 17.5 Å². The molecule has 1 aromatic heterocycles. The van der Waals surface area contributed by atoms with Crippen molar-refractivity contribution in [2.45, 2.75) is 51.5 Å². The van der Waals surface area contributed by atoms with Crippen LogP contribution in [0.2, 0.25) is 0 Å². The van der Waals surface area contributed by atoms with Crippen molar-refractivity contribution in [3.8, 4) is 0 Å². The van der Waals surface area contributed by atoms with E-state index in [0.29, 0.717) is 5.92 Å². The molecule has 1 aliphatic rings. The van der Waals surface area contributed by atoms with Gasteiger partial charge in [0.15, 0.2) is 5.76 Å². The van der Waals surface area contributed by atoms with Gasteiger partial charge < -0.3 is 10.3 Å². The van der Waals surface area contributed by atoms with Crippen molar-refractivity contribution in [2.75, 3.05) is 0 Å². The molecule has 1 unspecified atom stereocenters. The van der Waals surface area contributed by atoms with Gasteiger partial charge in [-0.05, 0) is 25.7 Å². The normalized spacial score (nSPS) is 29.0. The largest absolute Gasteiger partial charge is 0.359 e. The Balaban J connectivity index is 2.03. The number of nitrogens with zero attached hydrogens (tertiary/aromatic N) is 1. The lowest BCUT2D eigenvalue weighted by Crippen LogP contribution is -2.11. The molecular formula is C12H20N2O. The van der Waals surface area contributed by atoms with Gasteiger partial charge in [-0.25, -0.2) is 0 Å². The lowest BCUT2D eigenvalue weighted by molar-refractivity contribution is 0.321. The van der Waals surface area contributed by atoms with Gasteiger partial charge in [0.05, 0.1) is 11.7 Å². The van der Waals surface area contributed by atoms with Crippen molar-refractivity contribution in [3.63, 3.8) is 0 Å². The summed E-state index contributed by atoms with van der Waals surface area (Å²) >= 11 is 0. The number of nitrogens with two attached hydrogens (primary N) is 1. The Labute approximate surface area is 91.0 Å². The number of rotatable bonds is 2. The topological polar surface area (TPSA) is 52.0 Å². The Morgan fingerprint density at radius 2 is 2.07 bits per heavy atom. The minimum atomic E-state index is -0.0474. The molecule has 1 fully saturated rings. The highest BCUT2D eigenvalue weighted by atomic mass is 16.5. The summed E-state index contributed by atoms with van der Waals surface area (Å²) in [7, 11) is 0. The van der Waals surface area contributed by atoms with E-state index in [2.05, 4.69) is 12.1 Å². The van der Waals surface area contributed by atoms with Gasteiger partial charge in [-0.3, -0.25) is 0 Å². The standard InChI is InChI=1S/C12H20N2O/c1-8-3-5-10(6-4-8)11-7-12(9(2)13)15-14-11/h7-10H,3-6,13H2,1-2H3. The van der Waals surface area contributed by atoms with Crippen LogP contribution in [0.15, 0.2) is 10.6 Å². The van der Waals surface area contributed by atoms with E-state index in [1.54, 1.807) is 0 Å². The summed E-state index contributed by atoms with van der Waals surface area (Å²) < 4.78 is 5.23. The first kappa shape index (κ1) is 10.7. The molecule has 1 aliphatic carbocycles. The Morgan fingerprint density at radius 1 is 1.40 bits per heavy atom. The van der Waals surface area contributed by atoms with Crippen LogP contribution in [0.1, 0.15) is 62.9 Å². The molecule has 3 nitrogen and oxygen atoms in total. The predicted molar refractivity (Wildman–Crippen MR) is 59.5 cm³/mol. The van der Waals surface area contributed by atoms with Gasteiger partial charge in [-0.15, -0.1) is 0 Å². The van der Waals surface area contributed by atoms with E-state index in [1.165, 1.54) is 25.7 Å². The molecule has 15 heavy (non-hydrogen) atoms. The second-order valence-corrected chi connectivity index (χ2v) is 4.90. The molecule has 3 heteroatoms. The smallest absolute Gasteiger partial charge is 0.153 e. The highest BCUT2D eigenvalue weighted by Gasteiger charge is 2.23. The van der Waals surface area contributed by atoms with Crippen molar-refractivity contribution < 1.29 is 4.52 Å². The first-order valence-electron chi connectivity index (χ1n) is 5.89. The molecule has 0 bridgehead atoms. The van der Waals surface area contributed by atoms with Crippen LogP contribution >= 0.6 is 0 Å². The van der Waals surface area contributed by atoms with Crippen LogP contribution in [-0.2, 0) is 0 Å². The molecule has 2 N–H and O–H groups in total. The maximum Gasteiger partial charge on any atom is 0.153 e. The third kappa shape index (κ3) is 2.40. The van der Waals surface area contributed by atoms with Crippen LogP contribution in [0.25, 0.3) is 0 Å². The van der Waals surface area contributed by atoms with Crippen LogP contribution in [0.4, 0.5) is 0 Å². The highest BCUT2D eigenvalue weighted by molar-refractivity contribution is 5.13. The van der Waals surface area contributed by atoms with Gasteiger partial charge in [-0.2, -0.15) is 0 Å². The minimum Gasteiger partial charge on any atom is -0.359 e. The fourth-order valence-corrected chi connectivity index (χ4v) is 2.27. The van der Waals surface area contributed by atoms with Crippen molar-refractivity contribution >= 4 is 0 Å². The van der Waals surface area contributed by atoms with E-state index < -0.39 is 0 Å². The zero-order valence-corrected chi connectivity index (χ0v) is 9.57. The predicted octanol–water partition coefficient (Wildman–Crippen LogP) is 2.99. The second kappa shape index (κ2) is 4.35. The van der Waals surface area contributed by atoms with Gasteiger partial charge in [0, 0.05) is 12.0 Å². The molecule has 0 spiro atoms. The Kier molecular flexibility index (Phi) is 3.10. The second-order valence-electron chi connectivity index (χ2n) is 4.90. The molecular weight excluding hydrogens is 188 g/mol. The molecule has 0 aliphatic heterocycles. The lowest BCUT2D eigenvalue weighted by Gasteiger charge is -2.24. The van der Waals surface area contributed by atoms with E-state index in [9.17, 15) is 0 Å². The molecule has 0 amide bonds. The molecule has 84 valence electrons. The van der Waals surface area contributed by atoms with Gasteiger partial charge in [0.25, 0.3) is 0 Å². The summed E-state index contributed by atoms with van der Waals surface area (Å²) in [6.07, 6.45) is 5.11. The highest BCUT2D eigenvalue weighted by Crippen LogP contribution is 2.35. The van der Waals surface area contributed by atoms with Gasteiger partial charge in [-0.1, -0.05) is 24.9 Å². The van der Waals surface area contributed by atoms with Crippen LogP contribution < -0.4 is 5.73 Å². The zero-order valence-electron chi connectivity index (χ0n) is 9.57.